The molecular formula is C22H23BClN3O2P. The van der Waals surface area contributed by atoms with Gasteiger partial charge < -0.3 is 10.2 Å². The van der Waals surface area contributed by atoms with E-state index in [0.29, 0.717) is 41.4 Å². The number of carbonyl (C=O) groups excluding carboxylic acids is 2. The van der Waals surface area contributed by atoms with Crippen molar-refractivity contribution in [3.8, 4) is 0 Å². The predicted octanol–water partition coefficient (Wildman–Crippen LogP) is 3.43. The number of nitrogens with one attached hydrogen (secondary N) is 1. The first kappa shape index (κ1) is 22.3. The quantitative estimate of drug-likeness (QED) is 0.532. The Labute approximate surface area is 185 Å². The maximum Gasteiger partial charge on any atom is 0.250 e. The van der Waals surface area contributed by atoms with Crippen molar-refractivity contribution in [1.82, 2.24) is 10.2 Å². The number of amides is 1. The van der Waals surface area contributed by atoms with Crippen LogP contribution in [0.15, 0.2) is 59.0 Å². The van der Waals surface area contributed by atoms with Crippen LogP contribution in [0.1, 0.15) is 23.1 Å². The Balaban J connectivity index is 1.96. The molecule has 8 heteroatoms. The van der Waals surface area contributed by atoms with Gasteiger partial charge in [-0.3, -0.25) is 9.59 Å². The van der Waals surface area contributed by atoms with Gasteiger partial charge in [-0.25, -0.2) is 4.99 Å². The third kappa shape index (κ3) is 5.38. The lowest BCUT2D eigenvalue weighted by Crippen LogP contribution is -2.37. The molecular weight excluding hydrogens is 416 g/mol. The van der Waals surface area contributed by atoms with Crippen molar-refractivity contribution in [2.45, 2.75) is 19.9 Å². The Morgan fingerprint density at radius 3 is 2.57 bits per heavy atom. The van der Waals surface area contributed by atoms with E-state index in [9.17, 15) is 9.59 Å². The van der Waals surface area contributed by atoms with Crippen LogP contribution in [0.4, 0.5) is 0 Å². The minimum atomic E-state index is -0.220. The molecule has 0 aromatic heterocycles. The summed E-state index contributed by atoms with van der Waals surface area (Å²) in [5.41, 5.74) is 4.55. The van der Waals surface area contributed by atoms with Crippen LogP contribution >= 0.6 is 20.8 Å². The topological polar surface area (TPSA) is 61.8 Å². The zero-order valence-electron chi connectivity index (χ0n) is 17.0. The third-order valence-corrected chi connectivity index (χ3v) is 5.54. The number of amidine groups is 1. The van der Waals surface area contributed by atoms with Crippen LogP contribution in [0.5, 0.6) is 0 Å². The van der Waals surface area contributed by atoms with Crippen molar-refractivity contribution in [2.24, 2.45) is 4.99 Å². The maximum absolute atomic E-state index is 12.6. The average Bonchev–Trinajstić information content (AvgIpc) is 3.18. The number of rotatable bonds is 7. The molecule has 1 unspecified atom stereocenters. The summed E-state index contributed by atoms with van der Waals surface area (Å²) in [5.74, 6) is -0.220. The summed E-state index contributed by atoms with van der Waals surface area (Å²) >= 11 is 6.31. The van der Waals surface area contributed by atoms with Crippen LogP contribution in [0.3, 0.4) is 0 Å². The smallest absolute Gasteiger partial charge is 0.250 e. The number of hydrogen-bond acceptors (Lipinski definition) is 4. The molecule has 0 fully saturated rings. The number of likely N-dealkylation sites (N-methyl/N-ethyl adjacent to an activating group) is 1. The van der Waals surface area contributed by atoms with Gasteiger partial charge in [-0.1, -0.05) is 63.3 Å². The zero-order valence-corrected chi connectivity index (χ0v) is 18.9. The third-order valence-electron chi connectivity index (χ3n) is 4.84. The van der Waals surface area contributed by atoms with Crippen molar-refractivity contribution in [2.75, 3.05) is 13.6 Å². The first-order valence-electron chi connectivity index (χ1n) is 9.62. The Hall–Kier alpha value is -2.43. The molecule has 1 amide bonds. The van der Waals surface area contributed by atoms with Crippen LogP contribution in [-0.2, 0) is 16.1 Å². The Bertz CT molecular complexity index is 1020. The van der Waals surface area contributed by atoms with Gasteiger partial charge in [-0.15, -0.1) is 0 Å². The molecule has 0 aliphatic carbocycles. The lowest BCUT2D eigenvalue weighted by atomic mass is 9.67. The number of nitrogens with zero attached hydrogens (tertiary/aromatic N) is 2. The summed E-state index contributed by atoms with van der Waals surface area (Å²) in [5, 5.41) is 3.30. The maximum atomic E-state index is 12.6. The van der Waals surface area contributed by atoms with Gasteiger partial charge in [0.1, 0.15) is 5.52 Å². The molecule has 1 aliphatic heterocycles. The lowest BCUT2D eigenvalue weighted by Gasteiger charge is -2.25. The van der Waals surface area contributed by atoms with E-state index in [1.54, 1.807) is 14.3 Å². The minimum absolute atomic E-state index is 0.0247. The molecule has 5 nitrogen and oxygen atoms in total. The van der Waals surface area contributed by atoms with E-state index < -0.39 is 0 Å². The van der Waals surface area contributed by atoms with Crippen LogP contribution < -0.4 is 5.32 Å². The molecule has 1 radical (unpaired) electrons. The molecule has 0 saturated heterocycles. The second-order valence-electron chi connectivity index (χ2n) is 7.04. The van der Waals surface area contributed by atoms with Gasteiger partial charge in [0.15, 0.2) is 0 Å². The van der Waals surface area contributed by atoms with E-state index in [1.165, 1.54) is 0 Å². The average molecular weight is 439 g/mol. The molecule has 0 bridgehead atoms. The van der Waals surface area contributed by atoms with Crippen molar-refractivity contribution >= 4 is 51.0 Å². The second kappa shape index (κ2) is 10.1. The Kier molecular flexibility index (Phi) is 7.46. The molecule has 1 heterocycles. The molecule has 2 aromatic carbocycles. The van der Waals surface area contributed by atoms with E-state index >= 15 is 0 Å². The standard InChI is InChI=1S/C22H23BClN3O2P/c1-14-8-9-16(12-17(14)24)20-19(21(29)25-2)23-22(26-20)27(11-10-18(28)30)13-15-6-4-3-5-7-15/h3-9,12H,10-11,13,30H2,1-2H3,(H,25,29). The van der Waals surface area contributed by atoms with E-state index in [2.05, 4.69) is 14.6 Å². The molecule has 1 N–H and O–H groups in total. The number of hydrogen-bond donors (Lipinski definition) is 1. The van der Waals surface area contributed by atoms with Crippen LogP contribution in [0.25, 0.3) is 5.70 Å². The van der Waals surface area contributed by atoms with Crippen molar-refractivity contribution in [1.29, 1.82) is 0 Å². The summed E-state index contributed by atoms with van der Waals surface area (Å²) in [6.07, 6.45) is 0.366. The number of aryl methyl sites for hydroxylation is 1. The van der Waals surface area contributed by atoms with E-state index in [0.717, 1.165) is 16.7 Å². The van der Waals surface area contributed by atoms with E-state index in [1.807, 2.05) is 60.4 Å². The van der Waals surface area contributed by atoms with Crippen LogP contribution in [0.2, 0.25) is 5.02 Å². The van der Waals surface area contributed by atoms with Crippen LogP contribution in [0, 0.1) is 6.92 Å². The number of halogens is 1. The zero-order chi connectivity index (χ0) is 21.7. The molecule has 0 spiro atoms. The Morgan fingerprint density at radius 1 is 1.20 bits per heavy atom. The molecule has 1 atom stereocenters. The number of aliphatic imine (C=N–C) groups is 1. The first-order valence-corrected chi connectivity index (χ1v) is 10.6. The van der Waals surface area contributed by atoms with Gasteiger partial charge in [-0.2, -0.15) is 0 Å². The van der Waals surface area contributed by atoms with E-state index in [-0.39, 0.29) is 11.4 Å². The highest BCUT2D eigenvalue weighted by Crippen LogP contribution is 2.29. The molecule has 30 heavy (non-hydrogen) atoms. The molecule has 0 saturated carbocycles. The van der Waals surface area contributed by atoms with Gasteiger partial charge in [0, 0.05) is 42.6 Å². The normalized spacial score (nSPS) is 13.0. The van der Waals surface area contributed by atoms with Gasteiger partial charge in [0.05, 0.1) is 11.4 Å². The fourth-order valence-corrected chi connectivity index (χ4v) is 3.47. The van der Waals surface area contributed by atoms with Crippen molar-refractivity contribution in [3.63, 3.8) is 0 Å². The molecule has 3 rings (SSSR count). The number of carbonyl (C=O) groups is 2. The van der Waals surface area contributed by atoms with Crippen LogP contribution in [-0.4, -0.2) is 42.9 Å². The number of benzene rings is 2. The summed E-state index contributed by atoms with van der Waals surface area (Å²) in [4.78, 5) is 30.9. The van der Waals surface area contributed by atoms with Crippen molar-refractivity contribution in [3.05, 3.63) is 75.7 Å². The molecule has 153 valence electrons. The monoisotopic (exact) mass is 438 g/mol. The SMILES string of the molecule is CNC(=O)C1=C(c2ccc(C)c(Cl)c2)N=C(N(CCC(=O)P)Cc2ccccc2)[B]1. The highest BCUT2D eigenvalue weighted by molar-refractivity contribution is 7.40. The van der Waals surface area contributed by atoms with Gasteiger partial charge in [-0.05, 0) is 24.1 Å². The lowest BCUT2D eigenvalue weighted by molar-refractivity contribution is -0.116. The highest BCUT2D eigenvalue weighted by atomic mass is 35.5. The summed E-state index contributed by atoms with van der Waals surface area (Å²) in [6, 6.07) is 15.6. The predicted molar refractivity (Wildman–Crippen MR) is 127 cm³/mol. The van der Waals surface area contributed by atoms with Gasteiger partial charge >= 0.3 is 0 Å². The largest absolute Gasteiger partial charge is 0.363 e. The summed E-state index contributed by atoms with van der Waals surface area (Å²) < 4.78 is 0. The van der Waals surface area contributed by atoms with E-state index in [4.69, 9.17) is 16.6 Å². The van der Waals surface area contributed by atoms with Gasteiger partial charge in [0.2, 0.25) is 5.91 Å². The summed E-state index contributed by atoms with van der Waals surface area (Å²) in [6.45, 7) is 3.00. The Morgan fingerprint density at radius 2 is 1.93 bits per heavy atom. The molecule has 2 aromatic rings. The van der Waals surface area contributed by atoms with Crippen molar-refractivity contribution < 1.29 is 9.59 Å². The fourth-order valence-electron chi connectivity index (χ4n) is 3.16. The minimum Gasteiger partial charge on any atom is -0.363 e. The second-order valence-corrected chi connectivity index (χ2v) is 8.09. The first-order chi connectivity index (χ1) is 14.4. The fraction of sp³-hybridized carbons (Fsp3) is 0.227. The van der Waals surface area contributed by atoms with Gasteiger partial charge in [0.25, 0.3) is 7.28 Å². The molecule has 1 aliphatic rings. The summed E-state index contributed by atoms with van der Waals surface area (Å²) in [7, 11) is 5.58. The highest BCUT2D eigenvalue weighted by Gasteiger charge is 2.29.